The molecule has 1 aromatic heterocycles. The molecular weight excluding hydrogens is 548 g/mol. The van der Waals surface area contributed by atoms with Gasteiger partial charge in [-0.05, 0) is 87.7 Å². The number of nitrogens with zero attached hydrogens (tertiary/aromatic N) is 2. The van der Waals surface area contributed by atoms with Gasteiger partial charge in [-0.2, -0.15) is 0 Å². The Kier molecular flexibility index (Phi) is 14.6. The topological polar surface area (TPSA) is 86.1 Å². The Balaban J connectivity index is 1.76. The molecule has 3 aromatic rings. The van der Waals surface area contributed by atoms with Crippen LogP contribution in [0.4, 0.5) is 5.69 Å². The number of carbonyl (C=O) groups is 1. The van der Waals surface area contributed by atoms with Crippen LogP contribution < -0.4 is 9.04 Å². The van der Waals surface area contributed by atoms with Crippen molar-refractivity contribution in [1.29, 1.82) is 0 Å². The van der Waals surface area contributed by atoms with Gasteiger partial charge in [-0.1, -0.05) is 53.4 Å². The maximum Gasteiger partial charge on any atom is 0.197 e. The van der Waals surface area contributed by atoms with Gasteiger partial charge in [0.05, 0.1) is 12.2 Å². The third kappa shape index (κ3) is 9.68. The van der Waals surface area contributed by atoms with E-state index in [0.29, 0.717) is 53.1 Å². The van der Waals surface area contributed by atoms with Gasteiger partial charge in [0.2, 0.25) is 0 Å². The van der Waals surface area contributed by atoms with Gasteiger partial charge >= 0.3 is 0 Å². The number of carbonyl (C=O) groups excluding carboxylic acids is 1. The molecule has 0 N–H and O–H groups in total. The fourth-order valence-electron chi connectivity index (χ4n) is 5.07. The largest absolute Gasteiger partial charge is 0.755 e. The van der Waals surface area contributed by atoms with Crippen molar-refractivity contribution in [1.82, 2.24) is 4.90 Å². The van der Waals surface area contributed by atoms with E-state index in [0.717, 1.165) is 57.5 Å². The van der Waals surface area contributed by atoms with Gasteiger partial charge in [0, 0.05) is 47.4 Å². The van der Waals surface area contributed by atoms with Gasteiger partial charge in [0.1, 0.15) is 17.1 Å². The first-order valence-corrected chi connectivity index (χ1v) is 16.9. The average Bonchev–Trinajstić information content (AvgIpc) is 3.36. The third-order valence-corrected chi connectivity index (χ3v) is 8.32. The molecule has 8 heteroatoms. The van der Waals surface area contributed by atoms with E-state index in [1.54, 1.807) is 30.3 Å². The van der Waals surface area contributed by atoms with Crippen molar-refractivity contribution >= 4 is 33.7 Å². The van der Waals surface area contributed by atoms with Crippen LogP contribution in [0.1, 0.15) is 107 Å². The molecule has 1 atom stereocenters. The number of fused-ring (bicyclic) bond motifs is 1. The van der Waals surface area contributed by atoms with E-state index in [1.165, 1.54) is 30.0 Å². The van der Waals surface area contributed by atoms with E-state index < -0.39 is 11.3 Å². The standard InChI is InChI=1S/C34H50N2O5S/c1-5-9-14-32-33(30-26-28(17-20-31(30)41-32)36(42(38)39)24-12-8-4)34(37)27-15-18-29(19-16-27)40-25-13-23-35(21-10-6-2)22-11-7-3/h15-20,26H,5-14,21-25H2,1-4H3,(H,38,39)/p-1. The highest BCUT2D eigenvalue weighted by atomic mass is 32.2. The average molecular weight is 598 g/mol. The van der Waals surface area contributed by atoms with Gasteiger partial charge in [0.25, 0.3) is 0 Å². The molecule has 42 heavy (non-hydrogen) atoms. The summed E-state index contributed by atoms with van der Waals surface area (Å²) in [5, 5.41) is 0.645. The lowest BCUT2D eigenvalue weighted by atomic mass is 9.98. The summed E-state index contributed by atoms with van der Waals surface area (Å²) in [5.41, 5.74) is 2.19. The molecule has 1 heterocycles. The smallest absolute Gasteiger partial charge is 0.197 e. The van der Waals surface area contributed by atoms with Crippen molar-refractivity contribution < 1.29 is 22.7 Å². The minimum absolute atomic E-state index is 0.130. The Labute approximate surface area is 255 Å². The molecule has 0 aliphatic rings. The molecule has 3 rings (SSSR count). The van der Waals surface area contributed by atoms with Crippen molar-refractivity contribution in [3.8, 4) is 5.75 Å². The molecular formula is C34H49N2O5S-. The zero-order valence-corrected chi connectivity index (χ0v) is 26.8. The van der Waals surface area contributed by atoms with Gasteiger partial charge in [-0.25, -0.2) is 0 Å². The number of hydrogen-bond donors (Lipinski definition) is 0. The SMILES string of the molecule is CCCCc1oc2ccc(N(CCCC)S(=O)[O-])cc2c1C(=O)c1ccc(OCCCN(CCCC)CCCC)cc1. The maximum absolute atomic E-state index is 13.9. The molecule has 0 aliphatic heterocycles. The number of aryl methyl sites for hydroxylation is 1. The Bertz CT molecular complexity index is 1250. The maximum atomic E-state index is 13.9. The van der Waals surface area contributed by atoms with E-state index >= 15 is 0 Å². The molecule has 0 fully saturated rings. The lowest BCUT2D eigenvalue weighted by Crippen LogP contribution is -2.28. The van der Waals surface area contributed by atoms with Crippen molar-refractivity contribution in [3.05, 3.63) is 59.4 Å². The van der Waals surface area contributed by atoms with Crippen LogP contribution in [0.15, 0.2) is 46.9 Å². The molecule has 1 unspecified atom stereocenters. The molecule has 0 saturated carbocycles. The van der Waals surface area contributed by atoms with E-state index in [1.807, 2.05) is 19.1 Å². The molecule has 0 aliphatic carbocycles. The van der Waals surface area contributed by atoms with Crippen LogP contribution in [0, 0.1) is 0 Å². The quantitative estimate of drug-likeness (QED) is 0.0701. The minimum atomic E-state index is -2.41. The lowest BCUT2D eigenvalue weighted by Gasteiger charge is -2.26. The monoisotopic (exact) mass is 597 g/mol. The Hall–Kier alpha value is -2.68. The van der Waals surface area contributed by atoms with Crippen LogP contribution >= 0.6 is 0 Å². The Morgan fingerprint density at radius 2 is 1.45 bits per heavy atom. The van der Waals surface area contributed by atoms with E-state index in [2.05, 4.69) is 25.7 Å². The molecule has 7 nitrogen and oxygen atoms in total. The number of ether oxygens (including phenoxy) is 1. The first-order chi connectivity index (χ1) is 20.4. The van der Waals surface area contributed by atoms with E-state index in [4.69, 9.17) is 9.15 Å². The second-order valence-corrected chi connectivity index (χ2v) is 11.8. The molecule has 0 amide bonds. The van der Waals surface area contributed by atoms with Crippen LogP contribution in [-0.2, 0) is 17.7 Å². The molecule has 2 aromatic carbocycles. The van der Waals surface area contributed by atoms with Crippen molar-refractivity contribution in [3.63, 3.8) is 0 Å². The van der Waals surface area contributed by atoms with Crippen LogP contribution in [0.2, 0.25) is 0 Å². The predicted molar refractivity (Wildman–Crippen MR) is 172 cm³/mol. The second kappa shape index (κ2) is 18.1. The summed E-state index contributed by atoms with van der Waals surface area (Å²) in [7, 11) is 0. The first kappa shape index (κ1) is 33.8. The highest BCUT2D eigenvalue weighted by Crippen LogP contribution is 2.33. The highest BCUT2D eigenvalue weighted by Gasteiger charge is 2.23. The van der Waals surface area contributed by atoms with Gasteiger partial charge < -0.3 is 22.9 Å². The van der Waals surface area contributed by atoms with Crippen LogP contribution in [0.3, 0.4) is 0 Å². The summed E-state index contributed by atoms with van der Waals surface area (Å²) >= 11 is -2.41. The number of rotatable bonds is 21. The minimum Gasteiger partial charge on any atom is -0.755 e. The summed E-state index contributed by atoms with van der Waals surface area (Å²) in [6.07, 6.45) is 9.95. The van der Waals surface area contributed by atoms with Gasteiger partial charge in [-0.3, -0.25) is 9.00 Å². The van der Waals surface area contributed by atoms with Gasteiger partial charge in [-0.15, -0.1) is 0 Å². The highest BCUT2D eigenvalue weighted by molar-refractivity contribution is 7.80. The number of furan rings is 1. The molecule has 0 saturated heterocycles. The third-order valence-electron chi connectivity index (χ3n) is 7.57. The number of anilines is 1. The van der Waals surface area contributed by atoms with Crippen molar-refractivity contribution in [2.45, 2.75) is 91.9 Å². The molecule has 0 bridgehead atoms. The molecule has 0 spiro atoms. The van der Waals surface area contributed by atoms with E-state index in [9.17, 15) is 13.6 Å². The summed E-state index contributed by atoms with van der Waals surface area (Å²) in [6, 6.07) is 12.6. The summed E-state index contributed by atoms with van der Waals surface area (Å²) in [5.74, 6) is 1.26. The van der Waals surface area contributed by atoms with Crippen molar-refractivity contribution in [2.24, 2.45) is 0 Å². The number of hydrogen-bond acceptors (Lipinski definition) is 6. The zero-order valence-electron chi connectivity index (χ0n) is 26.0. The number of unbranched alkanes of at least 4 members (excludes halogenated alkanes) is 4. The summed E-state index contributed by atoms with van der Waals surface area (Å²) in [6.45, 7) is 12.9. The first-order valence-electron chi connectivity index (χ1n) is 15.9. The molecule has 0 radical (unpaired) electrons. The summed E-state index contributed by atoms with van der Waals surface area (Å²) in [4.78, 5) is 16.4. The van der Waals surface area contributed by atoms with Gasteiger partial charge in [0.15, 0.2) is 5.78 Å². The predicted octanol–water partition coefficient (Wildman–Crippen LogP) is 8.08. The summed E-state index contributed by atoms with van der Waals surface area (Å²) < 4.78 is 37.5. The number of ketones is 1. The zero-order chi connectivity index (χ0) is 30.3. The van der Waals surface area contributed by atoms with Crippen LogP contribution in [-0.4, -0.2) is 52.2 Å². The fraction of sp³-hybridized carbons (Fsp3) is 0.559. The lowest BCUT2D eigenvalue weighted by molar-refractivity contribution is 0.103. The Morgan fingerprint density at radius 3 is 2.07 bits per heavy atom. The van der Waals surface area contributed by atoms with Crippen LogP contribution in [0.5, 0.6) is 5.75 Å². The molecule has 232 valence electrons. The van der Waals surface area contributed by atoms with Crippen molar-refractivity contribution in [2.75, 3.05) is 37.1 Å². The van der Waals surface area contributed by atoms with E-state index in [-0.39, 0.29) is 5.78 Å². The van der Waals surface area contributed by atoms with Crippen LogP contribution in [0.25, 0.3) is 11.0 Å². The fourth-order valence-corrected chi connectivity index (χ4v) is 5.63. The Morgan fingerprint density at radius 1 is 0.833 bits per heavy atom. The number of benzene rings is 2. The second-order valence-electron chi connectivity index (χ2n) is 11.0. The normalized spacial score (nSPS) is 12.2.